The van der Waals surface area contributed by atoms with Crippen molar-refractivity contribution >= 4 is 16.5 Å². The van der Waals surface area contributed by atoms with E-state index in [1.165, 1.54) is 11.3 Å². The van der Waals surface area contributed by atoms with Crippen LogP contribution in [0.2, 0.25) is 0 Å². The lowest BCUT2D eigenvalue weighted by Gasteiger charge is -2.31. The van der Waals surface area contributed by atoms with Crippen LogP contribution in [0.5, 0.6) is 0 Å². The average molecular weight is 234 g/mol. The van der Waals surface area contributed by atoms with E-state index in [1.807, 2.05) is 4.90 Å². The summed E-state index contributed by atoms with van der Waals surface area (Å²) in [5.41, 5.74) is 0.604. The first-order valence-electron chi connectivity index (χ1n) is 4.79. The molecule has 0 saturated carbocycles. The number of nitrogens with zero attached hydrogens (tertiary/aromatic N) is 2. The van der Waals surface area contributed by atoms with Gasteiger partial charge < -0.3 is 10.0 Å². The van der Waals surface area contributed by atoms with Crippen molar-refractivity contribution in [2.24, 2.45) is 0 Å². The van der Waals surface area contributed by atoms with Crippen molar-refractivity contribution < 1.29 is 13.9 Å². The minimum Gasteiger partial charge on any atom is -0.390 e. The van der Waals surface area contributed by atoms with E-state index in [2.05, 4.69) is 4.98 Å². The summed E-state index contributed by atoms with van der Waals surface area (Å²) in [5, 5.41) is 11.3. The summed E-state index contributed by atoms with van der Waals surface area (Å²) in [4.78, 5) is 6.00. The van der Waals surface area contributed by atoms with Crippen LogP contribution in [-0.2, 0) is 6.61 Å². The third kappa shape index (κ3) is 2.43. The smallest absolute Gasteiger partial charge is 0.251 e. The first-order chi connectivity index (χ1) is 7.11. The van der Waals surface area contributed by atoms with E-state index in [1.54, 1.807) is 5.38 Å². The largest absolute Gasteiger partial charge is 0.390 e. The molecule has 0 atom stereocenters. The molecule has 0 amide bonds. The Balaban J connectivity index is 2.01. The molecule has 0 radical (unpaired) electrons. The van der Waals surface area contributed by atoms with Gasteiger partial charge in [-0.25, -0.2) is 13.8 Å². The van der Waals surface area contributed by atoms with Crippen molar-refractivity contribution in [3.63, 3.8) is 0 Å². The molecule has 2 heterocycles. The van der Waals surface area contributed by atoms with Crippen LogP contribution in [0.1, 0.15) is 18.5 Å². The van der Waals surface area contributed by atoms with E-state index in [9.17, 15) is 8.78 Å². The monoisotopic (exact) mass is 234 g/mol. The van der Waals surface area contributed by atoms with Crippen LogP contribution in [0, 0.1) is 0 Å². The molecule has 1 N–H and O–H groups in total. The molecule has 84 valence electrons. The van der Waals surface area contributed by atoms with Gasteiger partial charge in [-0.2, -0.15) is 0 Å². The molecule has 0 aromatic carbocycles. The summed E-state index contributed by atoms with van der Waals surface area (Å²) >= 11 is 1.39. The second kappa shape index (κ2) is 4.02. The Bertz CT molecular complexity index is 333. The number of thiazole rings is 1. The van der Waals surface area contributed by atoms with Gasteiger partial charge >= 0.3 is 0 Å². The van der Waals surface area contributed by atoms with E-state index < -0.39 is 5.92 Å². The average Bonchev–Trinajstić information content (AvgIpc) is 2.66. The number of halogens is 2. The topological polar surface area (TPSA) is 36.4 Å². The summed E-state index contributed by atoms with van der Waals surface area (Å²) in [6.07, 6.45) is -0.220. The molecule has 1 aliphatic rings. The highest BCUT2D eigenvalue weighted by atomic mass is 32.1. The van der Waals surface area contributed by atoms with Crippen LogP contribution in [0.15, 0.2) is 5.38 Å². The standard InChI is InChI=1S/C9H12F2N2OS/c10-9(11)1-3-13(4-2-9)8-12-7(5-14)6-15-8/h6,14H,1-5H2. The van der Waals surface area contributed by atoms with Gasteiger partial charge in [0, 0.05) is 31.3 Å². The van der Waals surface area contributed by atoms with Crippen molar-refractivity contribution in [2.45, 2.75) is 25.4 Å². The van der Waals surface area contributed by atoms with E-state index in [4.69, 9.17) is 5.11 Å². The summed E-state index contributed by atoms with van der Waals surface area (Å²) in [5.74, 6) is -2.52. The third-order valence-electron chi connectivity index (χ3n) is 2.47. The predicted molar refractivity (Wildman–Crippen MR) is 54.4 cm³/mol. The van der Waals surface area contributed by atoms with Gasteiger partial charge in [0.05, 0.1) is 12.3 Å². The first-order valence-corrected chi connectivity index (χ1v) is 5.67. The van der Waals surface area contributed by atoms with Gasteiger partial charge in [0.15, 0.2) is 5.13 Å². The molecule has 0 unspecified atom stereocenters. The molecule has 1 fully saturated rings. The Kier molecular flexibility index (Phi) is 2.88. The van der Waals surface area contributed by atoms with Crippen molar-refractivity contribution in [1.29, 1.82) is 0 Å². The lowest BCUT2D eigenvalue weighted by molar-refractivity contribution is -0.0220. The van der Waals surface area contributed by atoms with Gasteiger partial charge in [-0.3, -0.25) is 0 Å². The van der Waals surface area contributed by atoms with Crippen molar-refractivity contribution in [3.8, 4) is 0 Å². The number of piperidine rings is 1. The molecule has 6 heteroatoms. The molecule has 1 aromatic heterocycles. The fourth-order valence-electron chi connectivity index (χ4n) is 1.54. The number of anilines is 1. The minimum atomic E-state index is -2.52. The van der Waals surface area contributed by atoms with Gasteiger partial charge in [0.2, 0.25) is 0 Å². The molecular formula is C9H12F2N2OS. The minimum absolute atomic E-state index is 0.0967. The SMILES string of the molecule is OCc1csc(N2CCC(F)(F)CC2)n1. The van der Waals surface area contributed by atoms with Crippen molar-refractivity contribution in [1.82, 2.24) is 4.98 Å². The van der Waals surface area contributed by atoms with Crippen molar-refractivity contribution in [2.75, 3.05) is 18.0 Å². The summed E-state index contributed by atoms with van der Waals surface area (Å²) in [6, 6.07) is 0. The second-order valence-electron chi connectivity index (χ2n) is 3.62. The summed E-state index contributed by atoms with van der Waals surface area (Å²) < 4.78 is 25.8. The van der Waals surface area contributed by atoms with Gasteiger partial charge in [0.1, 0.15) is 0 Å². The second-order valence-corrected chi connectivity index (χ2v) is 4.46. The Morgan fingerprint density at radius 3 is 2.67 bits per heavy atom. The van der Waals surface area contributed by atoms with E-state index in [0.29, 0.717) is 18.8 Å². The normalized spacial score (nSPS) is 20.6. The zero-order valence-electron chi connectivity index (χ0n) is 8.12. The molecule has 2 rings (SSSR count). The van der Waals surface area contributed by atoms with Crippen LogP contribution >= 0.6 is 11.3 Å². The molecule has 0 bridgehead atoms. The van der Waals surface area contributed by atoms with Crippen LogP contribution in [-0.4, -0.2) is 29.1 Å². The zero-order chi connectivity index (χ0) is 10.9. The fraction of sp³-hybridized carbons (Fsp3) is 0.667. The van der Waals surface area contributed by atoms with Gasteiger partial charge in [-0.05, 0) is 0 Å². The van der Waals surface area contributed by atoms with Crippen LogP contribution in [0.3, 0.4) is 0 Å². The Morgan fingerprint density at radius 2 is 2.13 bits per heavy atom. The van der Waals surface area contributed by atoms with E-state index in [0.717, 1.165) is 5.13 Å². The summed E-state index contributed by atoms with van der Waals surface area (Å²) in [6.45, 7) is 0.581. The molecule has 1 aliphatic heterocycles. The number of aliphatic hydroxyl groups excluding tert-OH is 1. The maximum atomic E-state index is 12.9. The Hall–Kier alpha value is -0.750. The number of hydrogen-bond acceptors (Lipinski definition) is 4. The number of alkyl halides is 2. The molecule has 0 aliphatic carbocycles. The van der Waals surface area contributed by atoms with Gasteiger partial charge in [-0.1, -0.05) is 0 Å². The first kappa shape index (κ1) is 10.8. The highest BCUT2D eigenvalue weighted by Crippen LogP contribution is 2.31. The fourth-order valence-corrected chi connectivity index (χ4v) is 2.41. The maximum absolute atomic E-state index is 12.9. The van der Waals surface area contributed by atoms with Gasteiger partial charge in [-0.15, -0.1) is 11.3 Å². The van der Waals surface area contributed by atoms with Crippen LogP contribution < -0.4 is 4.90 Å². The van der Waals surface area contributed by atoms with E-state index >= 15 is 0 Å². The van der Waals surface area contributed by atoms with Crippen LogP contribution in [0.25, 0.3) is 0 Å². The van der Waals surface area contributed by atoms with E-state index in [-0.39, 0.29) is 19.4 Å². The Morgan fingerprint density at radius 1 is 1.47 bits per heavy atom. The van der Waals surface area contributed by atoms with Crippen molar-refractivity contribution in [3.05, 3.63) is 11.1 Å². The Labute approximate surface area is 90.4 Å². The quantitative estimate of drug-likeness (QED) is 0.848. The molecular weight excluding hydrogens is 222 g/mol. The summed E-state index contributed by atoms with van der Waals surface area (Å²) in [7, 11) is 0. The molecule has 1 saturated heterocycles. The number of hydrogen-bond donors (Lipinski definition) is 1. The molecule has 1 aromatic rings. The highest BCUT2D eigenvalue weighted by molar-refractivity contribution is 7.13. The predicted octanol–water partition coefficient (Wildman–Crippen LogP) is 1.87. The lowest BCUT2D eigenvalue weighted by atomic mass is 10.1. The third-order valence-corrected chi connectivity index (χ3v) is 3.42. The number of aromatic nitrogens is 1. The zero-order valence-corrected chi connectivity index (χ0v) is 8.94. The highest BCUT2D eigenvalue weighted by Gasteiger charge is 2.34. The maximum Gasteiger partial charge on any atom is 0.251 e. The van der Waals surface area contributed by atoms with Gasteiger partial charge in [0.25, 0.3) is 5.92 Å². The molecule has 3 nitrogen and oxygen atoms in total. The van der Waals surface area contributed by atoms with Crippen LogP contribution in [0.4, 0.5) is 13.9 Å². The number of aliphatic hydroxyl groups is 1. The number of rotatable bonds is 2. The lowest BCUT2D eigenvalue weighted by Crippen LogP contribution is -2.39. The molecule has 15 heavy (non-hydrogen) atoms. The molecule has 0 spiro atoms.